The lowest BCUT2D eigenvalue weighted by atomic mass is 10.2. The van der Waals surface area contributed by atoms with Gasteiger partial charge in [0.15, 0.2) is 5.96 Å². The highest BCUT2D eigenvalue weighted by molar-refractivity contribution is 14.0. The molecule has 5 nitrogen and oxygen atoms in total. The molecule has 0 spiro atoms. The summed E-state index contributed by atoms with van der Waals surface area (Å²) in [7, 11) is 9.69. The Morgan fingerprint density at radius 1 is 1.12 bits per heavy atom. The second-order valence-electron chi connectivity index (χ2n) is 6.40. The van der Waals surface area contributed by atoms with Crippen LogP contribution in [-0.2, 0) is 6.54 Å². The summed E-state index contributed by atoms with van der Waals surface area (Å²) >= 11 is 0. The fraction of sp³-hybridized carbons (Fsp3) is 0.611. The molecule has 0 radical (unpaired) electrons. The van der Waals surface area contributed by atoms with E-state index in [0.29, 0.717) is 12.6 Å². The average Bonchev–Trinajstić information content (AvgIpc) is 3.01. The van der Waals surface area contributed by atoms with E-state index in [1.54, 1.807) is 7.11 Å². The molecule has 0 bridgehead atoms. The van der Waals surface area contributed by atoms with Gasteiger partial charge < -0.3 is 19.3 Å². The molecule has 0 atom stereocenters. The molecule has 0 heterocycles. The first-order chi connectivity index (χ1) is 11.0. The summed E-state index contributed by atoms with van der Waals surface area (Å²) in [5.41, 5.74) is 1.10. The van der Waals surface area contributed by atoms with E-state index in [1.807, 2.05) is 50.1 Å². The Hall–Kier alpha value is -1.18. The normalized spacial score (nSPS) is 13.9. The Morgan fingerprint density at radius 2 is 1.75 bits per heavy atom. The maximum Gasteiger partial charge on any atom is 0.195 e. The molecule has 1 aliphatic rings. The van der Waals surface area contributed by atoms with Crippen molar-refractivity contribution in [3.8, 4) is 11.5 Å². The molecule has 0 amide bonds. The Balaban J connectivity index is 0.00000288. The molecule has 0 saturated heterocycles. The van der Waals surface area contributed by atoms with Crippen molar-refractivity contribution in [2.24, 2.45) is 4.99 Å². The third-order valence-electron chi connectivity index (χ3n) is 4.06. The zero-order valence-electron chi connectivity index (χ0n) is 15.4. The molecule has 0 aliphatic heterocycles. The maximum absolute atomic E-state index is 6.23. The van der Waals surface area contributed by atoms with Gasteiger partial charge in [-0.3, -0.25) is 0 Å². The number of ether oxygens (including phenoxy) is 2. The molecular formula is C18H30IN3O2. The topological polar surface area (TPSA) is 37.3 Å². The van der Waals surface area contributed by atoms with Gasteiger partial charge >= 0.3 is 0 Å². The van der Waals surface area contributed by atoms with Crippen molar-refractivity contribution in [2.45, 2.75) is 38.3 Å². The number of nitrogens with zero attached hydrogens (tertiary/aromatic N) is 3. The van der Waals surface area contributed by atoms with Gasteiger partial charge in [0.1, 0.15) is 11.5 Å². The minimum Gasteiger partial charge on any atom is -0.497 e. The van der Waals surface area contributed by atoms with Crippen LogP contribution in [0.1, 0.15) is 31.2 Å². The Morgan fingerprint density at radius 3 is 2.29 bits per heavy atom. The first-order valence-corrected chi connectivity index (χ1v) is 8.24. The highest BCUT2D eigenvalue weighted by Crippen LogP contribution is 2.30. The van der Waals surface area contributed by atoms with E-state index in [4.69, 9.17) is 14.5 Å². The van der Waals surface area contributed by atoms with Gasteiger partial charge in [0.25, 0.3) is 0 Å². The monoisotopic (exact) mass is 447 g/mol. The zero-order valence-corrected chi connectivity index (χ0v) is 17.7. The van der Waals surface area contributed by atoms with Crippen LogP contribution >= 0.6 is 24.0 Å². The first-order valence-electron chi connectivity index (χ1n) is 8.24. The molecule has 1 fully saturated rings. The third-order valence-corrected chi connectivity index (χ3v) is 4.06. The largest absolute Gasteiger partial charge is 0.497 e. The zero-order chi connectivity index (χ0) is 16.8. The molecule has 0 unspecified atom stereocenters. The highest BCUT2D eigenvalue weighted by atomic mass is 127. The molecule has 1 saturated carbocycles. The number of aliphatic imine (C=N–C) groups is 1. The highest BCUT2D eigenvalue weighted by Gasteiger charge is 2.18. The molecule has 0 aromatic heterocycles. The van der Waals surface area contributed by atoms with Crippen molar-refractivity contribution in [1.82, 2.24) is 9.80 Å². The lowest BCUT2D eigenvalue weighted by Gasteiger charge is -2.23. The minimum absolute atomic E-state index is 0. The van der Waals surface area contributed by atoms with Crippen LogP contribution < -0.4 is 9.47 Å². The second-order valence-corrected chi connectivity index (χ2v) is 6.40. The van der Waals surface area contributed by atoms with Crippen LogP contribution in [0.4, 0.5) is 0 Å². The molecule has 1 aliphatic carbocycles. The van der Waals surface area contributed by atoms with E-state index >= 15 is 0 Å². The van der Waals surface area contributed by atoms with Gasteiger partial charge in [-0.15, -0.1) is 24.0 Å². The van der Waals surface area contributed by atoms with E-state index in [0.717, 1.165) is 35.9 Å². The van der Waals surface area contributed by atoms with E-state index < -0.39 is 0 Å². The quantitative estimate of drug-likeness (QED) is 0.393. The van der Waals surface area contributed by atoms with Gasteiger partial charge in [0.05, 0.1) is 19.8 Å². The van der Waals surface area contributed by atoms with Crippen molar-refractivity contribution >= 4 is 29.9 Å². The standard InChI is InChI=1S/C18H29N3O2.HI/c1-20(2)18(21(3)4)19-13-14-10-11-16(22-5)12-17(14)23-15-8-6-7-9-15;/h10-12,15H,6-9,13H2,1-5H3;1H. The Bertz CT molecular complexity index is 531. The van der Waals surface area contributed by atoms with E-state index in [1.165, 1.54) is 12.8 Å². The summed E-state index contributed by atoms with van der Waals surface area (Å²) < 4.78 is 11.6. The minimum atomic E-state index is 0. The molecule has 1 aromatic carbocycles. The number of methoxy groups -OCH3 is 1. The van der Waals surface area contributed by atoms with Crippen molar-refractivity contribution in [2.75, 3.05) is 35.3 Å². The summed E-state index contributed by atoms with van der Waals surface area (Å²) in [6, 6.07) is 6.00. The number of hydrogen-bond donors (Lipinski definition) is 0. The molecular weight excluding hydrogens is 417 g/mol. The van der Waals surface area contributed by atoms with Gasteiger partial charge in [0.2, 0.25) is 0 Å². The van der Waals surface area contributed by atoms with Crippen LogP contribution in [0, 0.1) is 0 Å². The van der Waals surface area contributed by atoms with Crippen molar-refractivity contribution in [3.63, 3.8) is 0 Å². The predicted octanol–water partition coefficient (Wildman–Crippen LogP) is 3.61. The van der Waals surface area contributed by atoms with Gasteiger partial charge in [-0.25, -0.2) is 4.99 Å². The summed E-state index contributed by atoms with van der Waals surface area (Å²) in [4.78, 5) is 8.76. The SMILES string of the molecule is COc1ccc(CN=C(N(C)C)N(C)C)c(OC2CCCC2)c1.I. The molecule has 6 heteroatoms. The van der Waals surface area contributed by atoms with Crippen molar-refractivity contribution < 1.29 is 9.47 Å². The number of guanidine groups is 1. The molecule has 24 heavy (non-hydrogen) atoms. The van der Waals surface area contributed by atoms with Crippen LogP contribution in [0.3, 0.4) is 0 Å². The number of benzene rings is 1. The molecule has 136 valence electrons. The van der Waals surface area contributed by atoms with Gasteiger partial charge in [-0.2, -0.15) is 0 Å². The Kier molecular flexibility index (Phi) is 8.66. The third kappa shape index (κ3) is 5.72. The number of halogens is 1. The van der Waals surface area contributed by atoms with E-state index in [9.17, 15) is 0 Å². The van der Waals surface area contributed by atoms with Crippen LogP contribution in [0.2, 0.25) is 0 Å². The smallest absolute Gasteiger partial charge is 0.195 e. The first kappa shape index (κ1) is 20.9. The molecule has 0 N–H and O–H groups in total. The Labute approximate surface area is 163 Å². The van der Waals surface area contributed by atoms with Crippen LogP contribution in [0.25, 0.3) is 0 Å². The van der Waals surface area contributed by atoms with Crippen LogP contribution in [0.15, 0.2) is 23.2 Å². The number of rotatable bonds is 5. The van der Waals surface area contributed by atoms with Gasteiger partial charge in [0, 0.05) is 39.8 Å². The summed E-state index contributed by atoms with van der Waals surface area (Å²) in [6.45, 7) is 0.595. The fourth-order valence-corrected chi connectivity index (χ4v) is 2.93. The van der Waals surface area contributed by atoms with Crippen LogP contribution in [0.5, 0.6) is 11.5 Å². The van der Waals surface area contributed by atoms with Crippen LogP contribution in [-0.4, -0.2) is 57.2 Å². The van der Waals surface area contributed by atoms with E-state index in [-0.39, 0.29) is 24.0 Å². The summed E-state index contributed by atoms with van der Waals surface area (Å²) in [5.74, 6) is 2.66. The number of hydrogen-bond acceptors (Lipinski definition) is 3. The average molecular weight is 447 g/mol. The van der Waals surface area contributed by atoms with Crippen molar-refractivity contribution in [3.05, 3.63) is 23.8 Å². The summed E-state index contributed by atoms with van der Waals surface area (Å²) in [6.07, 6.45) is 5.12. The van der Waals surface area contributed by atoms with E-state index in [2.05, 4.69) is 6.07 Å². The van der Waals surface area contributed by atoms with Gasteiger partial charge in [-0.05, 0) is 37.8 Å². The molecule has 2 rings (SSSR count). The summed E-state index contributed by atoms with van der Waals surface area (Å²) in [5, 5.41) is 0. The van der Waals surface area contributed by atoms with Gasteiger partial charge in [-0.1, -0.05) is 0 Å². The second kappa shape index (κ2) is 9.96. The van der Waals surface area contributed by atoms with Crippen molar-refractivity contribution in [1.29, 1.82) is 0 Å². The lowest BCUT2D eigenvalue weighted by Crippen LogP contribution is -2.35. The predicted molar refractivity (Wildman–Crippen MR) is 110 cm³/mol. The fourth-order valence-electron chi connectivity index (χ4n) is 2.93. The molecule has 1 aromatic rings. The maximum atomic E-state index is 6.23. The lowest BCUT2D eigenvalue weighted by molar-refractivity contribution is 0.207.